The van der Waals surface area contributed by atoms with Gasteiger partial charge in [0, 0.05) is 12.1 Å². The Hall–Kier alpha value is -2.47. The number of para-hydroxylation sites is 2. The number of ether oxygens (including phenoxy) is 1. The molecule has 1 aliphatic carbocycles. The average molecular weight is 439 g/mol. The standard InChI is InChI=1S/C25H30N2O3S/c1-2-30-22-10-6-5-9-21(22)27-24(29)17-31-25(27)19-12-14-20(15-13-19)26-23(28)16-11-18-7-3-4-8-18/h5-6,9-10,12-15,18,25H,2-4,7-8,11,16-17H2,1H3,(H,26,28). The molecule has 2 fully saturated rings. The molecule has 2 aromatic carbocycles. The van der Waals surface area contributed by atoms with Gasteiger partial charge in [-0.2, -0.15) is 0 Å². The Morgan fingerprint density at radius 2 is 1.87 bits per heavy atom. The maximum absolute atomic E-state index is 12.7. The Labute approximate surface area is 188 Å². The minimum atomic E-state index is -0.110. The van der Waals surface area contributed by atoms with Crippen LogP contribution in [-0.4, -0.2) is 24.2 Å². The molecule has 31 heavy (non-hydrogen) atoms. The Kier molecular flexibility index (Phi) is 7.17. The third-order valence-corrected chi connectivity index (χ3v) is 7.24. The predicted molar refractivity (Wildman–Crippen MR) is 127 cm³/mol. The fourth-order valence-corrected chi connectivity index (χ4v) is 5.62. The van der Waals surface area contributed by atoms with Crippen molar-refractivity contribution < 1.29 is 14.3 Å². The van der Waals surface area contributed by atoms with E-state index in [9.17, 15) is 9.59 Å². The molecule has 2 aromatic rings. The molecule has 1 heterocycles. The molecule has 1 atom stereocenters. The Morgan fingerprint density at radius 3 is 2.61 bits per heavy atom. The molecule has 4 rings (SSSR count). The second-order valence-electron chi connectivity index (χ2n) is 8.19. The summed E-state index contributed by atoms with van der Waals surface area (Å²) in [5, 5.41) is 2.90. The second kappa shape index (κ2) is 10.2. The van der Waals surface area contributed by atoms with Crippen LogP contribution in [0, 0.1) is 5.92 Å². The number of amides is 2. The smallest absolute Gasteiger partial charge is 0.238 e. The fraction of sp³-hybridized carbons (Fsp3) is 0.440. The van der Waals surface area contributed by atoms with Gasteiger partial charge in [-0.1, -0.05) is 49.9 Å². The van der Waals surface area contributed by atoms with Crippen molar-refractivity contribution in [2.24, 2.45) is 5.92 Å². The van der Waals surface area contributed by atoms with Crippen LogP contribution in [0.4, 0.5) is 11.4 Å². The van der Waals surface area contributed by atoms with Crippen molar-refractivity contribution >= 4 is 35.0 Å². The van der Waals surface area contributed by atoms with E-state index in [0.717, 1.165) is 35.0 Å². The lowest BCUT2D eigenvalue weighted by molar-refractivity contribution is -0.117. The van der Waals surface area contributed by atoms with Crippen molar-refractivity contribution in [2.45, 2.75) is 50.8 Å². The summed E-state index contributed by atoms with van der Waals surface area (Å²) in [6.07, 6.45) is 6.72. The van der Waals surface area contributed by atoms with E-state index in [-0.39, 0.29) is 17.2 Å². The molecule has 1 unspecified atom stereocenters. The number of rotatable bonds is 8. The van der Waals surface area contributed by atoms with Gasteiger partial charge in [0.25, 0.3) is 0 Å². The first-order valence-electron chi connectivity index (χ1n) is 11.2. The van der Waals surface area contributed by atoms with Crippen LogP contribution < -0.4 is 15.0 Å². The van der Waals surface area contributed by atoms with Gasteiger partial charge < -0.3 is 10.1 Å². The lowest BCUT2D eigenvalue weighted by Crippen LogP contribution is -2.28. The van der Waals surface area contributed by atoms with Crippen molar-refractivity contribution in [3.63, 3.8) is 0 Å². The van der Waals surface area contributed by atoms with E-state index in [1.54, 1.807) is 11.8 Å². The highest BCUT2D eigenvalue weighted by Crippen LogP contribution is 2.44. The van der Waals surface area contributed by atoms with Crippen LogP contribution in [0.15, 0.2) is 48.5 Å². The molecule has 0 radical (unpaired) electrons. The number of hydrogen-bond acceptors (Lipinski definition) is 4. The topological polar surface area (TPSA) is 58.6 Å². The highest BCUT2D eigenvalue weighted by Gasteiger charge is 2.35. The lowest BCUT2D eigenvalue weighted by Gasteiger charge is -2.26. The quantitative estimate of drug-likeness (QED) is 0.568. The summed E-state index contributed by atoms with van der Waals surface area (Å²) in [6.45, 7) is 2.49. The largest absolute Gasteiger partial charge is 0.492 e. The fourth-order valence-electron chi connectivity index (χ4n) is 4.45. The van der Waals surface area contributed by atoms with E-state index in [1.165, 1.54) is 25.7 Å². The van der Waals surface area contributed by atoms with Crippen molar-refractivity contribution in [1.82, 2.24) is 0 Å². The van der Waals surface area contributed by atoms with Crippen LogP contribution in [0.2, 0.25) is 0 Å². The third kappa shape index (κ3) is 5.24. The summed E-state index contributed by atoms with van der Waals surface area (Å²) in [5.41, 5.74) is 2.63. The number of nitrogens with zero attached hydrogens (tertiary/aromatic N) is 1. The van der Waals surface area contributed by atoms with Gasteiger partial charge in [-0.05, 0) is 49.1 Å². The summed E-state index contributed by atoms with van der Waals surface area (Å²) in [7, 11) is 0. The zero-order valence-electron chi connectivity index (χ0n) is 18.0. The zero-order valence-corrected chi connectivity index (χ0v) is 18.8. The van der Waals surface area contributed by atoms with Gasteiger partial charge in [0.15, 0.2) is 0 Å². The van der Waals surface area contributed by atoms with Crippen LogP contribution in [0.25, 0.3) is 0 Å². The first-order valence-corrected chi connectivity index (χ1v) is 12.3. The van der Waals surface area contributed by atoms with Crippen LogP contribution in [-0.2, 0) is 9.59 Å². The van der Waals surface area contributed by atoms with Crippen molar-refractivity contribution in [2.75, 3.05) is 22.6 Å². The van der Waals surface area contributed by atoms with E-state index in [1.807, 2.05) is 60.4 Å². The summed E-state index contributed by atoms with van der Waals surface area (Å²) in [4.78, 5) is 26.8. The summed E-state index contributed by atoms with van der Waals surface area (Å²) >= 11 is 1.61. The van der Waals surface area contributed by atoms with E-state index in [0.29, 0.717) is 18.8 Å². The van der Waals surface area contributed by atoms with Crippen LogP contribution in [0.5, 0.6) is 5.75 Å². The van der Waals surface area contributed by atoms with Gasteiger partial charge in [0.05, 0.1) is 18.0 Å². The Balaban J connectivity index is 1.43. The number of thioether (sulfide) groups is 1. The van der Waals surface area contributed by atoms with Crippen molar-refractivity contribution in [3.8, 4) is 5.75 Å². The van der Waals surface area contributed by atoms with Crippen molar-refractivity contribution in [1.29, 1.82) is 0 Å². The maximum atomic E-state index is 12.7. The summed E-state index contributed by atoms with van der Waals surface area (Å²) in [5.74, 6) is 2.03. The molecular weight excluding hydrogens is 408 g/mol. The van der Waals surface area contributed by atoms with Crippen LogP contribution in [0.1, 0.15) is 56.4 Å². The number of anilines is 2. The zero-order chi connectivity index (χ0) is 21.6. The molecule has 164 valence electrons. The molecule has 1 N–H and O–H groups in total. The van der Waals surface area contributed by atoms with Gasteiger partial charge in [-0.15, -0.1) is 11.8 Å². The van der Waals surface area contributed by atoms with Crippen molar-refractivity contribution in [3.05, 3.63) is 54.1 Å². The Morgan fingerprint density at radius 1 is 1.13 bits per heavy atom. The number of carbonyl (C=O) groups excluding carboxylic acids is 2. The van der Waals surface area contributed by atoms with E-state index >= 15 is 0 Å². The molecule has 1 saturated carbocycles. The number of hydrogen-bond donors (Lipinski definition) is 1. The predicted octanol–water partition coefficient (Wildman–Crippen LogP) is 5.77. The first-order chi connectivity index (χ1) is 15.2. The number of nitrogens with one attached hydrogen (secondary N) is 1. The number of benzene rings is 2. The van der Waals surface area contributed by atoms with E-state index in [4.69, 9.17) is 4.74 Å². The summed E-state index contributed by atoms with van der Waals surface area (Å²) < 4.78 is 5.75. The van der Waals surface area contributed by atoms with Crippen LogP contribution in [0.3, 0.4) is 0 Å². The molecule has 1 saturated heterocycles. The molecule has 2 aliphatic rings. The minimum absolute atomic E-state index is 0.0754. The molecule has 0 spiro atoms. The molecule has 0 aromatic heterocycles. The Bertz CT molecular complexity index is 909. The van der Waals surface area contributed by atoms with Gasteiger partial charge >= 0.3 is 0 Å². The van der Waals surface area contributed by atoms with Gasteiger partial charge in [-0.3, -0.25) is 14.5 Å². The lowest BCUT2D eigenvalue weighted by atomic mass is 10.0. The molecule has 5 nitrogen and oxygen atoms in total. The normalized spacial score (nSPS) is 19.1. The maximum Gasteiger partial charge on any atom is 0.238 e. The molecule has 6 heteroatoms. The highest BCUT2D eigenvalue weighted by molar-refractivity contribution is 8.00. The van der Waals surface area contributed by atoms with E-state index in [2.05, 4.69) is 5.32 Å². The highest BCUT2D eigenvalue weighted by atomic mass is 32.2. The van der Waals surface area contributed by atoms with E-state index < -0.39 is 0 Å². The first kappa shape index (κ1) is 21.8. The SMILES string of the molecule is CCOc1ccccc1N1C(=O)CSC1c1ccc(NC(=O)CCC2CCCC2)cc1. The van der Waals surface area contributed by atoms with Gasteiger partial charge in [0.1, 0.15) is 11.1 Å². The number of carbonyl (C=O) groups is 2. The minimum Gasteiger partial charge on any atom is -0.492 e. The molecule has 1 aliphatic heterocycles. The summed E-state index contributed by atoms with van der Waals surface area (Å²) in [6, 6.07) is 15.5. The van der Waals surface area contributed by atoms with Gasteiger partial charge in [-0.25, -0.2) is 0 Å². The molecular formula is C25H30N2O3S. The average Bonchev–Trinajstić information content (AvgIpc) is 3.43. The molecule has 2 amide bonds. The monoisotopic (exact) mass is 438 g/mol. The molecule has 0 bridgehead atoms. The second-order valence-corrected chi connectivity index (χ2v) is 9.26. The third-order valence-electron chi connectivity index (χ3n) is 6.03. The van der Waals surface area contributed by atoms with Gasteiger partial charge in [0.2, 0.25) is 11.8 Å². The van der Waals surface area contributed by atoms with Crippen LogP contribution >= 0.6 is 11.8 Å².